The standard InChI is InChI=1S/C24H27N3O4/c1-24(2,3)17-8-6-15(7-9-17)23-25-22(26-31-23)16-12-21(28)27(14-16)19-11-10-18(29-4)13-20(19)30-5/h6-11,13,16H,12,14H2,1-5H3. The van der Waals surface area contributed by atoms with Gasteiger partial charge in [0.15, 0.2) is 5.82 Å². The van der Waals surface area contributed by atoms with E-state index >= 15 is 0 Å². The Morgan fingerprint density at radius 1 is 1.06 bits per heavy atom. The third-order valence-electron chi connectivity index (χ3n) is 5.61. The summed E-state index contributed by atoms with van der Waals surface area (Å²) in [5.74, 6) is 2.10. The smallest absolute Gasteiger partial charge is 0.257 e. The van der Waals surface area contributed by atoms with Crippen LogP contribution in [0, 0.1) is 0 Å². The summed E-state index contributed by atoms with van der Waals surface area (Å²) in [5, 5.41) is 4.16. The molecular weight excluding hydrogens is 394 g/mol. The molecule has 1 fully saturated rings. The van der Waals surface area contributed by atoms with Crippen molar-refractivity contribution in [2.75, 3.05) is 25.7 Å². The predicted octanol–water partition coefficient (Wildman–Crippen LogP) is 4.57. The minimum Gasteiger partial charge on any atom is -0.497 e. The van der Waals surface area contributed by atoms with E-state index in [1.807, 2.05) is 24.3 Å². The molecule has 162 valence electrons. The van der Waals surface area contributed by atoms with E-state index in [-0.39, 0.29) is 17.2 Å². The van der Waals surface area contributed by atoms with Crippen molar-refractivity contribution in [2.45, 2.75) is 38.5 Å². The fourth-order valence-corrected chi connectivity index (χ4v) is 3.75. The average molecular weight is 421 g/mol. The molecule has 0 bridgehead atoms. The monoisotopic (exact) mass is 421 g/mol. The van der Waals surface area contributed by atoms with Crippen LogP contribution in [0.2, 0.25) is 0 Å². The summed E-state index contributed by atoms with van der Waals surface area (Å²) in [6, 6.07) is 13.6. The molecule has 1 unspecified atom stereocenters. The first-order valence-electron chi connectivity index (χ1n) is 10.3. The van der Waals surface area contributed by atoms with Gasteiger partial charge in [-0.05, 0) is 35.2 Å². The Kier molecular flexibility index (Phi) is 5.43. The lowest BCUT2D eigenvalue weighted by atomic mass is 9.87. The quantitative estimate of drug-likeness (QED) is 0.600. The van der Waals surface area contributed by atoms with E-state index in [2.05, 4.69) is 43.0 Å². The fraction of sp³-hybridized carbons (Fsp3) is 0.375. The van der Waals surface area contributed by atoms with E-state index in [0.717, 1.165) is 5.56 Å². The van der Waals surface area contributed by atoms with Gasteiger partial charge < -0.3 is 18.9 Å². The van der Waals surface area contributed by atoms with Gasteiger partial charge in [-0.3, -0.25) is 4.79 Å². The molecule has 7 nitrogen and oxygen atoms in total. The van der Waals surface area contributed by atoms with E-state index in [1.165, 1.54) is 5.56 Å². The molecule has 0 spiro atoms. The highest BCUT2D eigenvalue weighted by molar-refractivity contribution is 5.97. The Morgan fingerprint density at radius 3 is 2.45 bits per heavy atom. The van der Waals surface area contributed by atoms with E-state index in [1.54, 1.807) is 25.2 Å². The number of amides is 1. The van der Waals surface area contributed by atoms with Crippen LogP contribution in [0.25, 0.3) is 11.5 Å². The summed E-state index contributed by atoms with van der Waals surface area (Å²) in [7, 11) is 3.17. The minimum absolute atomic E-state index is 0.00523. The summed E-state index contributed by atoms with van der Waals surface area (Å²) in [4.78, 5) is 19.0. The largest absolute Gasteiger partial charge is 0.497 e. The zero-order valence-corrected chi connectivity index (χ0v) is 18.5. The van der Waals surface area contributed by atoms with Gasteiger partial charge in [-0.15, -0.1) is 0 Å². The molecule has 3 aromatic rings. The van der Waals surface area contributed by atoms with E-state index in [0.29, 0.717) is 41.9 Å². The van der Waals surface area contributed by atoms with Gasteiger partial charge in [-0.1, -0.05) is 38.1 Å². The number of carbonyl (C=O) groups is 1. The van der Waals surface area contributed by atoms with E-state index in [4.69, 9.17) is 14.0 Å². The number of hydrogen-bond acceptors (Lipinski definition) is 6. The Balaban J connectivity index is 1.54. The van der Waals surface area contributed by atoms with Crippen LogP contribution in [0.5, 0.6) is 11.5 Å². The summed E-state index contributed by atoms with van der Waals surface area (Å²) in [6.07, 6.45) is 0.317. The highest BCUT2D eigenvalue weighted by Crippen LogP contribution is 2.38. The predicted molar refractivity (Wildman–Crippen MR) is 118 cm³/mol. The third-order valence-corrected chi connectivity index (χ3v) is 5.61. The lowest BCUT2D eigenvalue weighted by Gasteiger charge is -2.19. The van der Waals surface area contributed by atoms with Crippen LogP contribution >= 0.6 is 0 Å². The number of aromatic nitrogens is 2. The third kappa shape index (κ3) is 4.13. The molecule has 2 heterocycles. The first-order chi connectivity index (χ1) is 14.8. The number of anilines is 1. The number of rotatable bonds is 5. The minimum atomic E-state index is -0.148. The first kappa shape index (κ1) is 20.9. The average Bonchev–Trinajstić information content (AvgIpc) is 3.39. The molecule has 1 amide bonds. The molecule has 0 N–H and O–H groups in total. The van der Waals surface area contributed by atoms with E-state index in [9.17, 15) is 4.79 Å². The number of methoxy groups -OCH3 is 2. The second-order valence-electron chi connectivity index (χ2n) is 8.73. The Hall–Kier alpha value is -3.35. The van der Waals surface area contributed by atoms with Gasteiger partial charge in [-0.25, -0.2) is 0 Å². The highest BCUT2D eigenvalue weighted by Gasteiger charge is 2.36. The molecule has 2 aromatic carbocycles. The Bertz CT molecular complexity index is 1080. The maximum absolute atomic E-state index is 12.7. The molecule has 1 saturated heterocycles. The number of hydrogen-bond donors (Lipinski definition) is 0. The summed E-state index contributed by atoms with van der Waals surface area (Å²) in [6.45, 7) is 6.98. The zero-order chi connectivity index (χ0) is 22.2. The van der Waals surface area contributed by atoms with Crippen molar-refractivity contribution < 1.29 is 18.8 Å². The van der Waals surface area contributed by atoms with E-state index < -0.39 is 0 Å². The van der Waals surface area contributed by atoms with Crippen LogP contribution in [0.4, 0.5) is 5.69 Å². The van der Waals surface area contributed by atoms with Crippen LogP contribution < -0.4 is 14.4 Å². The lowest BCUT2D eigenvalue weighted by molar-refractivity contribution is -0.117. The molecule has 31 heavy (non-hydrogen) atoms. The van der Waals surface area contributed by atoms with Gasteiger partial charge in [0.25, 0.3) is 5.89 Å². The van der Waals surface area contributed by atoms with Crippen molar-refractivity contribution in [3.8, 4) is 23.0 Å². The van der Waals surface area contributed by atoms with Crippen molar-refractivity contribution in [3.05, 3.63) is 53.9 Å². The number of nitrogens with zero attached hydrogens (tertiary/aromatic N) is 3. The van der Waals surface area contributed by atoms with Crippen molar-refractivity contribution in [3.63, 3.8) is 0 Å². The molecule has 1 aromatic heterocycles. The van der Waals surface area contributed by atoms with Gasteiger partial charge in [0.1, 0.15) is 11.5 Å². The number of ether oxygens (including phenoxy) is 2. The Labute approximate surface area is 182 Å². The van der Waals surface area contributed by atoms with Crippen LogP contribution in [-0.4, -0.2) is 36.8 Å². The van der Waals surface area contributed by atoms with Gasteiger partial charge in [0, 0.05) is 30.5 Å². The SMILES string of the molecule is COc1ccc(N2CC(c3noc(-c4ccc(C(C)(C)C)cc4)n3)CC2=O)c(OC)c1. The van der Waals surface area contributed by atoms with Crippen molar-refractivity contribution in [2.24, 2.45) is 0 Å². The fourth-order valence-electron chi connectivity index (χ4n) is 3.75. The van der Waals surface area contributed by atoms with Crippen LogP contribution in [-0.2, 0) is 10.2 Å². The molecular formula is C24H27N3O4. The molecule has 1 aliphatic rings. The number of benzene rings is 2. The van der Waals surface area contributed by atoms with Crippen molar-refractivity contribution in [1.29, 1.82) is 0 Å². The molecule has 1 atom stereocenters. The molecule has 0 aliphatic carbocycles. The van der Waals surface area contributed by atoms with Gasteiger partial charge in [0.05, 0.1) is 19.9 Å². The maximum atomic E-state index is 12.7. The zero-order valence-electron chi connectivity index (χ0n) is 18.5. The maximum Gasteiger partial charge on any atom is 0.257 e. The highest BCUT2D eigenvalue weighted by atomic mass is 16.5. The molecule has 0 saturated carbocycles. The van der Waals surface area contributed by atoms with Gasteiger partial charge in [-0.2, -0.15) is 4.98 Å². The van der Waals surface area contributed by atoms with Crippen molar-refractivity contribution in [1.82, 2.24) is 10.1 Å². The number of carbonyl (C=O) groups excluding carboxylic acids is 1. The topological polar surface area (TPSA) is 77.7 Å². The molecule has 4 rings (SSSR count). The van der Waals surface area contributed by atoms with Gasteiger partial charge in [0.2, 0.25) is 5.91 Å². The summed E-state index contributed by atoms with van der Waals surface area (Å²) in [5.41, 5.74) is 2.89. The molecule has 1 aliphatic heterocycles. The second kappa shape index (κ2) is 8.06. The molecule has 0 radical (unpaired) electrons. The normalized spacial score (nSPS) is 16.6. The van der Waals surface area contributed by atoms with Crippen molar-refractivity contribution >= 4 is 11.6 Å². The summed E-state index contributed by atoms with van der Waals surface area (Å²) >= 11 is 0. The molecule has 7 heteroatoms. The first-order valence-corrected chi connectivity index (χ1v) is 10.3. The summed E-state index contributed by atoms with van der Waals surface area (Å²) < 4.78 is 16.2. The van der Waals surface area contributed by atoms with Crippen LogP contribution in [0.15, 0.2) is 47.0 Å². The van der Waals surface area contributed by atoms with Crippen LogP contribution in [0.1, 0.15) is 44.5 Å². The van der Waals surface area contributed by atoms with Gasteiger partial charge >= 0.3 is 0 Å². The lowest BCUT2D eigenvalue weighted by Crippen LogP contribution is -2.24. The second-order valence-corrected chi connectivity index (χ2v) is 8.73. The van der Waals surface area contributed by atoms with Crippen LogP contribution in [0.3, 0.4) is 0 Å². The Morgan fingerprint density at radius 2 is 1.81 bits per heavy atom.